The van der Waals surface area contributed by atoms with Crippen molar-refractivity contribution in [1.82, 2.24) is 10.2 Å². The summed E-state index contributed by atoms with van der Waals surface area (Å²) in [4.78, 5) is 1.87. The Morgan fingerprint density at radius 1 is 1.23 bits per heavy atom. The molecule has 0 bridgehead atoms. The van der Waals surface area contributed by atoms with Crippen LogP contribution in [0.2, 0.25) is 5.02 Å². The fraction of sp³-hybridized carbons (Fsp3) is 0.571. The van der Waals surface area contributed by atoms with E-state index < -0.39 is 18.6 Å². The Labute approximate surface area is 146 Å². The molecule has 1 heterocycles. The molecule has 1 aromatic rings. The van der Waals surface area contributed by atoms with E-state index >= 15 is 0 Å². The fourth-order valence-corrected chi connectivity index (χ4v) is 3.04. The summed E-state index contributed by atoms with van der Waals surface area (Å²) in [5, 5.41) is 3.57. The van der Waals surface area contributed by atoms with Gasteiger partial charge < -0.3 is 5.32 Å². The molecule has 22 heavy (non-hydrogen) atoms. The van der Waals surface area contributed by atoms with E-state index in [1.165, 1.54) is 0 Å². The lowest BCUT2D eigenvalue weighted by atomic mass is 9.96. The molecular weight excluding hydrogens is 360 g/mol. The van der Waals surface area contributed by atoms with E-state index in [2.05, 4.69) is 5.32 Å². The van der Waals surface area contributed by atoms with Crippen molar-refractivity contribution in [1.29, 1.82) is 0 Å². The molecule has 1 N–H and O–H groups in total. The van der Waals surface area contributed by atoms with Crippen LogP contribution in [0, 0.1) is 6.92 Å². The van der Waals surface area contributed by atoms with E-state index in [-0.39, 0.29) is 24.8 Å². The molecule has 1 fully saturated rings. The van der Waals surface area contributed by atoms with E-state index in [4.69, 9.17) is 11.6 Å². The molecule has 1 aliphatic heterocycles. The van der Waals surface area contributed by atoms with Crippen molar-refractivity contribution in [3.8, 4) is 0 Å². The van der Waals surface area contributed by atoms with Crippen molar-refractivity contribution in [2.24, 2.45) is 0 Å². The van der Waals surface area contributed by atoms with Crippen molar-refractivity contribution in [2.75, 3.05) is 26.2 Å². The Kier molecular flexibility index (Phi) is 9.10. The van der Waals surface area contributed by atoms with Gasteiger partial charge in [0, 0.05) is 37.2 Å². The number of hydrogen-bond acceptors (Lipinski definition) is 2. The number of alkyl halides is 3. The molecule has 1 aromatic carbocycles. The Balaban J connectivity index is 0.00000220. The van der Waals surface area contributed by atoms with Gasteiger partial charge >= 0.3 is 6.18 Å². The maximum Gasteiger partial charge on any atom is 0.390 e. The van der Waals surface area contributed by atoms with Crippen LogP contribution in [0.25, 0.3) is 0 Å². The van der Waals surface area contributed by atoms with E-state index in [0.29, 0.717) is 36.8 Å². The molecule has 2 rings (SSSR count). The van der Waals surface area contributed by atoms with Gasteiger partial charge in [0.15, 0.2) is 0 Å². The standard InChI is InChI=1S/C14H18ClF3N2.2ClH/c1-10-3-2-4-11(15)13(10)12(9-14(16,17)18)20-7-5-19-6-8-20;;/h2-4,12,19H,5-9H2,1H3;2*1H/t12-;;/m1../s1. The zero-order chi connectivity index (χ0) is 14.8. The molecule has 0 radical (unpaired) electrons. The lowest BCUT2D eigenvalue weighted by Crippen LogP contribution is -2.46. The Morgan fingerprint density at radius 3 is 2.32 bits per heavy atom. The molecule has 128 valence electrons. The van der Waals surface area contributed by atoms with Gasteiger partial charge in [0.2, 0.25) is 0 Å². The zero-order valence-corrected chi connectivity index (χ0v) is 14.5. The van der Waals surface area contributed by atoms with Crippen molar-refractivity contribution >= 4 is 36.4 Å². The summed E-state index contributed by atoms with van der Waals surface area (Å²) in [5.41, 5.74) is 1.42. The van der Waals surface area contributed by atoms with Gasteiger partial charge in [-0.3, -0.25) is 4.90 Å². The van der Waals surface area contributed by atoms with Gasteiger partial charge in [-0.05, 0) is 24.1 Å². The number of nitrogens with zero attached hydrogens (tertiary/aromatic N) is 1. The maximum atomic E-state index is 12.9. The summed E-state index contributed by atoms with van der Waals surface area (Å²) < 4.78 is 38.8. The highest BCUT2D eigenvalue weighted by Gasteiger charge is 2.37. The predicted molar refractivity (Wildman–Crippen MR) is 88.5 cm³/mol. The van der Waals surface area contributed by atoms with E-state index in [1.54, 1.807) is 12.1 Å². The van der Waals surface area contributed by atoms with Crippen molar-refractivity contribution < 1.29 is 13.2 Å². The first-order valence-corrected chi connectivity index (χ1v) is 7.03. The Morgan fingerprint density at radius 2 is 1.82 bits per heavy atom. The van der Waals surface area contributed by atoms with Gasteiger partial charge in [0.25, 0.3) is 0 Å². The molecule has 1 saturated heterocycles. The largest absolute Gasteiger partial charge is 0.390 e. The van der Waals surface area contributed by atoms with Gasteiger partial charge in [0.05, 0.1) is 6.42 Å². The summed E-state index contributed by atoms with van der Waals surface area (Å²) in [5.74, 6) is 0. The summed E-state index contributed by atoms with van der Waals surface area (Å²) in [6, 6.07) is 4.54. The molecule has 0 saturated carbocycles. The third-order valence-electron chi connectivity index (χ3n) is 3.62. The second-order valence-electron chi connectivity index (χ2n) is 5.09. The SMILES string of the molecule is Cc1cccc(Cl)c1[C@@H](CC(F)(F)F)N1CCNCC1.Cl.Cl. The average molecular weight is 380 g/mol. The van der Waals surface area contributed by atoms with Crippen LogP contribution in [-0.4, -0.2) is 37.3 Å². The molecule has 0 unspecified atom stereocenters. The first kappa shape index (κ1) is 21.8. The van der Waals surface area contributed by atoms with E-state index in [9.17, 15) is 13.2 Å². The summed E-state index contributed by atoms with van der Waals surface area (Å²) in [6.45, 7) is 4.43. The highest BCUT2D eigenvalue weighted by atomic mass is 35.5. The van der Waals surface area contributed by atoms with Crippen LogP contribution in [0.1, 0.15) is 23.6 Å². The molecule has 0 aliphatic carbocycles. The Hall–Kier alpha value is -0.200. The maximum absolute atomic E-state index is 12.9. The Bertz CT molecular complexity index is 443. The summed E-state index contributed by atoms with van der Waals surface area (Å²) >= 11 is 6.16. The van der Waals surface area contributed by atoms with Gasteiger partial charge in [-0.1, -0.05) is 23.7 Å². The van der Waals surface area contributed by atoms with Crippen LogP contribution in [0.3, 0.4) is 0 Å². The first-order valence-electron chi connectivity index (χ1n) is 6.65. The average Bonchev–Trinajstić information content (AvgIpc) is 2.37. The number of halogens is 6. The van der Waals surface area contributed by atoms with Gasteiger partial charge in [-0.15, -0.1) is 24.8 Å². The minimum Gasteiger partial charge on any atom is -0.314 e. The first-order chi connectivity index (χ1) is 9.38. The van der Waals surface area contributed by atoms with E-state index in [1.807, 2.05) is 17.9 Å². The number of nitrogens with one attached hydrogen (secondary N) is 1. The molecule has 8 heteroatoms. The molecular formula is C14H20Cl3F3N2. The lowest BCUT2D eigenvalue weighted by molar-refractivity contribution is -0.148. The third-order valence-corrected chi connectivity index (χ3v) is 3.95. The monoisotopic (exact) mass is 378 g/mol. The van der Waals surface area contributed by atoms with Crippen LogP contribution in [0.5, 0.6) is 0 Å². The smallest absolute Gasteiger partial charge is 0.314 e. The number of rotatable bonds is 3. The molecule has 1 aliphatic rings. The van der Waals surface area contributed by atoms with Crippen molar-refractivity contribution in [3.05, 3.63) is 34.3 Å². The topological polar surface area (TPSA) is 15.3 Å². The molecule has 2 nitrogen and oxygen atoms in total. The highest BCUT2D eigenvalue weighted by Crippen LogP contribution is 2.38. The number of aryl methyl sites for hydroxylation is 1. The number of hydrogen-bond donors (Lipinski definition) is 1. The van der Waals surface area contributed by atoms with Crippen LogP contribution in [-0.2, 0) is 0 Å². The normalized spacial score (nSPS) is 17.3. The number of piperazine rings is 1. The van der Waals surface area contributed by atoms with Crippen LogP contribution in [0.4, 0.5) is 13.2 Å². The van der Waals surface area contributed by atoms with E-state index in [0.717, 1.165) is 5.56 Å². The van der Waals surface area contributed by atoms with Gasteiger partial charge in [-0.2, -0.15) is 13.2 Å². The fourth-order valence-electron chi connectivity index (χ4n) is 2.69. The minimum atomic E-state index is -4.21. The second kappa shape index (κ2) is 9.18. The van der Waals surface area contributed by atoms with Crippen molar-refractivity contribution in [3.63, 3.8) is 0 Å². The molecule has 0 aromatic heterocycles. The number of benzene rings is 1. The summed E-state index contributed by atoms with van der Waals surface area (Å²) in [7, 11) is 0. The second-order valence-corrected chi connectivity index (χ2v) is 5.50. The van der Waals surface area contributed by atoms with Crippen molar-refractivity contribution in [2.45, 2.75) is 25.6 Å². The lowest BCUT2D eigenvalue weighted by Gasteiger charge is -2.36. The zero-order valence-electron chi connectivity index (χ0n) is 12.1. The molecule has 0 spiro atoms. The van der Waals surface area contributed by atoms with Gasteiger partial charge in [-0.25, -0.2) is 0 Å². The predicted octanol–water partition coefficient (Wildman–Crippen LogP) is 4.39. The minimum absolute atomic E-state index is 0. The summed E-state index contributed by atoms with van der Waals surface area (Å²) in [6.07, 6.45) is -5.07. The molecule has 1 atom stereocenters. The van der Waals surface area contributed by atoms with Crippen LogP contribution in [0.15, 0.2) is 18.2 Å². The highest BCUT2D eigenvalue weighted by molar-refractivity contribution is 6.31. The molecule has 0 amide bonds. The van der Waals surface area contributed by atoms with Crippen LogP contribution >= 0.6 is 36.4 Å². The van der Waals surface area contributed by atoms with Gasteiger partial charge in [0.1, 0.15) is 0 Å². The third kappa shape index (κ3) is 5.78. The van der Waals surface area contributed by atoms with Crippen LogP contribution < -0.4 is 5.32 Å². The quantitative estimate of drug-likeness (QED) is 0.838.